The molecule has 5 nitrogen and oxygen atoms in total. The van der Waals surface area contributed by atoms with E-state index in [-0.39, 0.29) is 17.9 Å². The van der Waals surface area contributed by atoms with Crippen LogP contribution in [0.1, 0.15) is 18.7 Å². The first-order valence-electron chi connectivity index (χ1n) is 7.80. The molecule has 2 aliphatic rings. The van der Waals surface area contributed by atoms with E-state index in [9.17, 15) is 4.79 Å². The summed E-state index contributed by atoms with van der Waals surface area (Å²) < 4.78 is 7.94. The Bertz CT molecular complexity index is 676. The molecule has 1 saturated carbocycles. The minimum absolute atomic E-state index is 0.0213. The smallest absolute Gasteiger partial charge is 0.223 e. The van der Waals surface area contributed by atoms with Crippen LogP contribution in [0.2, 0.25) is 0 Å². The van der Waals surface area contributed by atoms with Crippen molar-refractivity contribution in [1.29, 1.82) is 0 Å². The Balaban J connectivity index is 1.42. The van der Waals surface area contributed by atoms with Crippen molar-refractivity contribution in [2.24, 2.45) is 5.92 Å². The maximum Gasteiger partial charge on any atom is 0.223 e. The van der Waals surface area contributed by atoms with Crippen LogP contribution in [0.15, 0.2) is 36.5 Å². The number of ether oxygens (including phenoxy) is 1. The number of imidazole rings is 1. The molecule has 0 spiro atoms. The van der Waals surface area contributed by atoms with Gasteiger partial charge in [-0.3, -0.25) is 4.79 Å². The molecule has 4 rings (SSSR count). The zero-order valence-corrected chi connectivity index (χ0v) is 12.4. The molecule has 1 N–H and O–H groups in total. The zero-order valence-electron chi connectivity index (χ0n) is 12.4. The number of hydrogen-bond acceptors (Lipinski definition) is 3. The third kappa shape index (κ3) is 2.76. The average Bonchev–Trinajstić information content (AvgIpc) is 3.32. The summed E-state index contributed by atoms with van der Waals surface area (Å²) in [7, 11) is 0. The monoisotopic (exact) mass is 297 g/mol. The normalized spacial score (nSPS) is 20.5. The fourth-order valence-corrected chi connectivity index (χ4v) is 2.77. The first-order chi connectivity index (χ1) is 10.8. The molecule has 1 aliphatic carbocycles. The Morgan fingerprint density at radius 3 is 2.91 bits per heavy atom. The van der Waals surface area contributed by atoms with Gasteiger partial charge in [-0.1, -0.05) is 30.3 Å². The number of nitrogens with one attached hydrogen (secondary N) is 1. The molecule has 0 radical (unpaired) electrons. The van der Waals surface area contributed by atoms with Gasteiger partial charge in [-0.05, 0) is 12.8 Å². The zero-order chi connectivity index (χ0) is 14.9. The number of hydrogen-bond donors (Lipinski definition) is 1. The Kier molecular flexibility index (Phi) is 3.42. The van der Waals surface area contributed by atoms with E-state index in [0.29, 0.717) is 13.2 Å². The number of aromatic nitrogens is 2. The van der Waals surface area contributed by atoms with Crippen LogP contribution >= 0.6 is 0 Å². The van der Waals surface area contributed by atoms with E-state index in [2.05, 4.69) is 33.2 Å². The lowest BCUT2D eigenvalue weighted by Gasteiger charge is -2.24. The maximum atomic E-state index is 11.7. The topological polar surface area (TPSA) is 56.2 Å². The van der Waals surface area contributed by atoms with E-state index in [1.165, 1.54) is 0 Å². The molecule has 1 aromatic carbocycles. The lowest BCUT2D eigenvalue weighted by atomic mass is 10.2. The minimum atomic E-state index is 0.0213. The molecule has 1 amide bonds. The summed E-state index contributed by atoms with van der Waals surface area (Å²) in [5.74, 6) is 1.37. The molecule has 2 heterocycles. The average molecular weight is 297 g/mol. The summed E-state index contributed by atoms with van der Waals surface area (Å²) in [6.45, 7) is 1.81. The highest BCUT2D eigenvalue weighted by Gasteiger charge is 2.30. The van der Waals surface area contributed by atoms with Crippen molar-refractivity contribution in [3.63, 3.8) is 0 Å². The summed E-state index contributed by atoms with van der Waals surface area (Å²) in [5, 5.41) is 2.99. The molecule has 1 aliphatic heterocycles. The van der Waals surface area contributed by atoms with Gasteiger partial charge in [0.25, 0.3) is 0 Å². The van der Waals surface area contributed by atoms with Gasteiger partial charge in [-0.15, -0.1) is 0 Å². The van der Waals surface area contributed by atoms with Crippen molar-refractivity contribution in [3.05, 3.63) is 42.4 Å². The van der Waals surface area contributed by atoms with E-state index in [4.69, 9.17) is 4.74 Å². The maximum absolute atomic E-state index is 11.7. The number of nitrogens with zero attached hydrogens (tertiary/aromatic N) is 2. The molecular weight excluding hydrogens is 278 g/mol. The summed E-state index contributed by atoms with van der Waals surface area (Å²) in [6, 6.07) is 10.1. The molecule has 114 valence electrons. The van der Waals surface area contributed by atoms with Crippen LogP contribution in [-0.4, -0.2) is 28.1 Å². The quantitative estimate of drug-likeness (QED) is 0.939. The van der Waals surface area contributed by atoms with Crippen LogP contribution in [-0.2, 0) is 22.7 Å². The fraction of sp³-hybridized carbons (Fsp3) is 0.412. The van der Waals surface area contributed by atoms with Crippen molar-refractivity contribution >= 4 is 5.91 Å². The van der Waals surface area contributed by atoms with Gasteiger partial charge in [0.2, 0.25) is 5.91 Å². The van der Waals surface area contributed by atoms with Gasteiger partial charge < -0.3 is 14.6 Å². The van der Waals surface area contributed by atoms with E-state index in [1.54, 1.807) is 0 Å². The number of carbonyl (C=O) groups excluding carboxylic acids is 1. The Morgan fingerprint density at radius 1 is 1.32 bits per heavy atom. The van der Waals surface area contributed by atoms with Crippen molar-refractivity contribution in [2.75, 3.05) is 6.54 Å². The molecule has 0 bridgehead atoms. The van der Waals surface area contributed by atoms with Gasteiger partial charge in [0, 0.05) is 24.2 Å². The Labute approximate surface area is 129 Å². The second kappa shape index (κ2) is 5.57. The number of carbonyl (C=O) groups is 1. The Hall–Kier alpha value is -2.14. The molecule has 5 heteroatoms. The van der Waals surface area contributed by atoms with E-state index < -0.39 is 0 Å². The van der Waals surface area contributed by atoms with Gasteiger partial charge in [0.1, 0.15) is 12.4 Å². The van der Waals surface area contributed by atoms with Gasteiger partial charge >= 0.3 is 0 Å². The Morgan fingerprint density at radius 2 is 2.14 bits per heavy atom. The molecule has 1 aromatic heterocycles. The van der Waals surface area contributed by atoms with Gasteiger partial charge in [-0.25, -0.2) is 4.98 Å². The second-order valence-electron chi connectivity index (χ2n) is 6.01. The molecule has 2 aromatic rings. The van der Waals surface area contributed by atoms with Gasteiger partial charge in [0.15, 0.2) is 0 Å². The van der Waals surface area contributed by atoms with E-state index in [0.717, 1.165) is 36.5 Å². The summed E-state index contributed by atoms with van der Waals surface area (Å²) in [5.41, 5.74) is 2.09. The number of benzene rings is 1. The molecule has 1 fully saturated rings. The van der Waals surface area contributed by atoms with Crippen molar-refractivity contribution < 1.29 is 9.53 Å². The summed E-state index contributed by atoms with van der Waals surface area (Å²) >= 11 is 0. The lowest BCUT2D eigenvalue weighted by Crippen LogP contribution is -2.39. The predicted molar refractivity (Wildman–Crippen MR) is 82.0 cm³/mol. The number of amides is 1. The van der Waals surface area contributed by atoms with Crippen molar-refractivity contribution in [2.45, 2.75) is 32.1 Å². The van der Waals surface area contributed by atoms with Crippen LogP contribution in [0.5, 0.6) is 0 Å². The predicted octanol–water partition coefficient (Wildman–Crippen LogP) is 1.98. The van der Waals surface area contributed by atoms with Crippen molar-refractivity contribution in [1.82, 2.24) is 14.9 Å². The molecule has 0 unspecified atom stereocenters. The molecular formula is C17H19N3O2. The van der Waals surface area contributed by atoms with Crippen LogP contribution in [0.4, 0.5) is 0 Å². The third-order valence-corrected chi connectivity index (χ3v) is 4.23. The molecule has 1 atom stereocenters. The highest BCUT2D eigenvalue weighted by molar-refractivity contribution is 5.80. The highest BCUT2D eigenvalue weighted by atomic mass is 16.5. The molecule has 0 saturated heterocycles. The van der Waals surface area contributed by atoms with Gasteiger partial charge in [-0.2, -0.15) is 0 Å². The van der Waals surface area contributed by atoms with Crippen LogP contribution in [0.3, 0.4) is 0 Å². The summed E-state index contributed by atoms with van der Waals surface area (Å²) in [4.78, 5) is 16.3. The fourth-order valence-electron chi connectivity index (χ4n) is 2.77. The first-order valence-corrected chi connectivity index (χ1v) is 7.80. The highest BCUT2D eigenvalue weighted by Crippen LogP contribution is 2.28. The SMILES string of the molecule is O=C(NC[C@H]1Cn2cc(-c3ccccc3)nc2CO1)C1CC1. The third-order valence-electron chi connectivity index (χ3n) is 4.23. The first kappa shape index (κ1) is 13.5. The number of fused-ring (bicyclic) bond motifs is 1. The summed E-state index contributed by atoms with van der Waals surface area (Å²) in [6.07, 6.45) is 4.16. The largest absolute Gasteiger partial charge is 0.367 e. The molecule has 22 heavy (non-hydrogen) atoms. The lowest BCUT2D eigenvalue weighted by molar-refractivity contribution is -0.123. The van der Waals surface area contributed by atoms with Crippen LogP contribution < -0.4 is 5.32 Å². The van der Waals surface area contributed by atoms with Gasteiger partial charge in [0.05, 0.1) is 18.3 Å². The second-order valence-corrected chi connectivity index (χ2v) is 6.01. The van der Waals surface area contributed by atoms with E-state index in [1.807, 2.05) is 18.2 Å². The van der Waals surface area contributed by atoms with Crippen LogP contribution in [0, 0.1) is 5.92 Å². The standard InChI is InChI=1S/C17H19N3O2/c21-17(13-6-7-13)18-8-14-9-20-10-15(19-16(20)11-22-14)12-4-2-1-3-5-12/h1-5,10,13-14H,6-9,11H2,(H,18,21)/t14-/m0/s1. The van der Waals surface area contributed by atoms with Crippen LogP contribution in [0.25, 0.3) is 11.3 Å². The number of rotatable bonds is 4. The van der Waals surface area contributed by atoms with Crippen molar-refractivity contribution in [3.8, 4) is 11.3 Å². The van der Waals surface area contributed by atoms with E-state index >= 15 is 0 Å². The minimum Gasteiger partial charge on any atom is -0.367 e.